The minimum absolute atomic E-state index is 0.136. The molecule has 0 saturated heterocycles. The average Bonchev–Trinajstić information content (AvgIpc) is 3.28. The molecule has 0 saturated carbocycles. The van der Waals surface area contributed by atoms with Crippen LogP contribution in [0.2, 0.25) is 0 Å². The van der Waals surface area contributed by atoms with Crippen molar-refractivity contribution in [2.45, 2.75) is 6.61 Å². The van der Waals surface area contributed by atoms with E-state index < -0.39 is 5.97 Å². The number of fused-ring (bicyclic) bond motifs is 1. The smallest absolute Gasteiger partial charge is 0.335 e. The molecule has 0 fully saturated rings. The fourth-order valence-electron chi connectivity index (χ4n) is 2.48. The van der Waals surface area contributed by atoms with Gasteiger partial charge in [-0.25, -0.2) is 9.78 Å². The van der Waals surface area contributed by atoms with E-state index in [0.29, 0.717) is 18.3 Å². The van der Waals surface area contributed by atoms with Crippen LogP contribution >= 0.6 is 0 Å². The molecule has 3 heterocycles. The van der Waals surface area contributed by atoms with Gasteiger partial charge >= 0.3 is 5.97 Å². The summed E-state index contributed by atoms with van der Waals surface area (Å²) in [5.41, 5.74) is 2.08. The molecule has 0 amide bonds. The summed E-state index contributed by atoms with van der Waals surface area (Å²) in [5.74, 6) is -0.167. The molecule has 0 unspecified atom stereocenters. The second-order valence-electron chi connectivity index (χ2n) is 5.37. The van der Waals surface area contributed by atoms with Gasteiger partial charge in [-0.2, -0.15) is 14.9 Å². The fraction of sp³-hybridized carbons (Fsp3) is 0.0588. The first-order valence-corrected chi connectivity index (χ1v) is 7.49. The lowest BCUT2D eigenvalue weighted by atomic mass is 10.2. The van der Waals surface area contributed by atoms with Crippen LogP contribution in [0.25, 0.3) is 16.7 Å². The van der Waals surface area contributed by atoms with Gasteiger partial charge in [0.1, 0.15) is 6.61 Å². The molecule has 4 rings (SSSR count). The van der Waals surface area contributed by atoms with E-state index in [2.05, 4.69) is 20.3 Å². The van der Waals surface area contributed by atoms with Gasteiger partial charge < -0.3 is 9.84 Å². The monoisotopic (exact) mass is 335 g/mol. The molecule has 0 radical (unpaired) electrons. The van der Waals surface area contributed by atoms with Crippen molar-refractivity contribution in [2.24, 2.45) is 0 Å². The molecular weight excluding hydrogens is 322 g/mol. The molecular formula is C17H13N5O3. The van der Waals surface area contributed by atoms with E-state index in [9.17, 15) is 4.79 Å². The quantitative estimate of drug-likeness (QED) is 0.580. The minimum atomic E-state index is -1.02. The number of hydrogen-bond acceptors (Lipinski definition) is 5. The third-order valence-corrected chi connectivity index (χ3v) is 3.71. The van der Waals surface area contributed by atoms with Crippen LogP contribution in [0.1, 0.15) is 15.9 Å². The summed E-state index contributed by atoms with van der Waals surface area (Å²) in [4.78, 5) is 15.3. The SMILES string of the molecule is O=C(O)c1ccnc(-n2nccc2OCc2ccc3[nH]ncc3c2)c1. The zero-order valence-corrected chi connectivity index (χ0v) is 13.0. The summed E-state index contributed by atoms with van der Waals surface area (Å²) < 4.78 is 7.29. The maximum absolute atomic E-state index is 11.1. The summed E-state index contributed by atoms with van der Waals surface area (Å²) in [7, 11) is 0. The van der Waals surface area contributed by atoms with Gasteiger partial charge in [-0.1, -0.05) is 6.07 Å². The van der Waals surface area contributed by atoms with Gasteiger partial charge in [-0.05, 0) is 29.8 Å². The highest BCUT2D eigenvalue weighted by Gasteiger charge is 2.11. The average molecular weight is 335 g/mol. The molecule has 4 aromatic rings. The van der Waals surface area contributed by atoms with Crippen molar-refractivity contribution >= 4 is 16.9 Å². The lowest BCUT2D eigenvalue weighted by Crippen LogP contribution is -2.06. The number of pyridine rings is 1. The summed E-state index contributed by atoms with van der Waals surface area (Å²) in [6.45, 7) is 0.339. The third kappa shape index (κ3) is 2.92. The van der Waals surface area contributed by atoms with E-state index in [1.807, 2.05) is 18.2 Å². The van der Waals surface area contributed by atoms with Gasteiger partial charge in [0.05, 0.1) is 23.5 Å². The third-order valence-electron chi connectivity index (χ3n) is 3.71. The number of nitrogens with one attached hydrogen (secondary N) is 1. The van der Waals surface area contributed by atoms with E-state index in [-0.39, 0.29) is 5.56 Å². The highest BCUT2D eigenvalue weighted by atomic mass is 16.5. The van der Waals surface area contributed by atoms with E-state index in [4.69, 9.17) is 9.84 Å². The Morgan fingerprint density at radius 1 is 1.20 bits per heavy atom. The summed E-state index contributed by atoms with van der Waals surface area (Å²) in [6, 6.07) is 10.4. The standard InChI is InChI=1S/C17H13N5O3/c23-17(24)12-3-5-18-15(8-12)22-16(4-6-20-22)25-10-11-1-2-14-13(7-11)9-19-21-14/h1-9H,10H2,(H,19,21)(H,23,24). The van der Waals surface area contributed by atoms with Crippen molar-refractivity contribution in [3.63, 3.8) is 0 Å². The van der Waals surface area contributed by atoms with Crippen LogP contribution in [-0.4, -0.2) is 36.0 Å². The zero-order chi connectivity index (χ0) is 17.2. The lowest BCUT2D eigenvalue weighted by Gasteiger charge is -2.09. The van der Waals surface area contributed by atoms with Gasteiger partial charge in [0.15, 0.2) is 5.82 Å². The molecule has 1 aromatic carbocycles. The highest BCUT2D eigenvalue weighted by molar-refractivity contribution is 5.87. The molecule has 0 aliphatic rings. The number of nitrogens with zero attached hydrogens (tertiary/aromatic N) is 4. The van der Waals surface area contributed by atoms with Crippen LogP contribution in [-0.2, 0) is 6.61 Å². The maximum Gasteiger partial charge on any atom is 0.335 e. The van der Waals surface area contributed by atoms with E-state index >= 15 is 0 Å². The van der Waals surface area contributed by atoms with Crippen molar-refractivity contribution in [3.8, 4) is 11.7 Å². The number of carbonyl (C=O) groups is 1. The molecule has 8 heteroatoms. The molecule has 0 spiro atoms. The zero-order valence-electron chi connectivity index (χ0n) is 13.0. The number of carboxylic acids is 1. The number of rotatable bonds is 5. The van der Waals surface area contributed by atoms with Gasteiger partial charge in [0, 0.05) is 17.6 Å². The number of aromatic nitrogens is 5. The van der Waals surface area contributed by atoms with E-state index in [0.717, 1.165) is 16.5 Å². The molecule has 0 aliphatic carbocycles. The lowest BCUT2D eigenvalue weighted by molar-refractivity contribution is 0.0696. The molecule has 3 aromatic heterocycles. The molecule has 25 heavy (non-hydrogen) atoms. The Labute approximate surface area is 141 Å². The van der Waals surface area contributed by atoms with E-state index in [1.54, 1.807) is 18.5 Å². The predicted octanol–water partition coefficient (Wildman–Crippen LogP) is 2.42. The largest absolute Gasteiger partial charge is 0.478 e. The topological polar surface area (TPSA) is 106 Å². The Morgan fingerprint density at radius 2 is 2.12 bits per heavy atom. The van der Waals surface area contributed by atoms with Crippen molar-refractivity contribution in [2.75, 3.05) is 0 Å². The number of ether oxygens (including phenoxy) is 1. The summed E-state index contributed by atoms with van der Waals surface area (Å²) in [5, 5.41) is 21.2. The van der Waals surface area contributed by atoms with Crippen molar-refractivity contribution < 1.29 is 14.6 Å². The van der Waals surface area contributed by atoms with Gasteiger partial charge in [0.25, 0.3) is 0 Å². The minimum Gasteiger partial charge on any atom is -0.478 e. The number of H-pyrrole nitrogens is 1. The normalized spacial score (nSPS) is 10.9. The fourth-order valence-corrected chi connectivity index (χ4v) is 2.48. The maximum atomic E-state index is 11.1. The van der Waals surface area contributed by atoms with Gasteiger partial charge in [-0.15, -0.1) is 0 Å². The Morgan fingerprint density at radius 3 is 3.00 bits per heavy atom. The van der Waals surface area contributed by atoms with Crippen molar-refractivity contribution in [1.29, 1.82) is 0 Å². The molecule has 0 atom stereocenters. The van der Waals surface area contributed by atoms with Crippen LogP contribution in [0.15, 0.2) is 55.0 Å². The molecule has 124 valence electrons. The Bertz CT molecular complexity index is 1050. The van der Waals surface area contributed by atoms with Crippen LogP contribution in [0, 0.1) is 0 Å². The molecule has 0 aliphatic heterocycles. The Kier molecular flexibility index (Phi) is 3.62. The van der Waals surface area contributed by atoms with Crippen molar-refractivity contribution in [1.82, 2.24) is 25.0 Å². The Hall–Kier alpha value is -3.68. The van der Waals surface area contributed by atoms with E-state index in [1.165, 1.54) is 23.0 Å². The number of aromatic amines is 1. The highest BCUT2D eigenvalue weighted by Crippen LogP contribution is 2.19. The van der Waals surface area contributed by atoms with Crippen LogP contribution < -0.4 is 4.74 Å². The van der Waals surface area contributed by atoms with Gasteiger partial charge in [-0.3, -0.25) is 5.10 Å². The van der Waals surface area contributed by atoms with Gasteiger partial charge in [0.2, 0.25) is 5.88 Å². The van der Waals surface area contributed by atoms with Crippen LogP contribution in [0.3, 0.4) is 0 Å². The first-order valence-electron chi connectivity index (χ1n) is 7.49. The second-order valence-corrected chi connectivity index (χ2v) is 5.37. The summed E-state index contributed by atoms with van der Waals surface area (Å²) in [6.07, 6.45) is 4.76. The number of hydrogen-bond donors (Lipinski definition) is 2. The molecule has 2 N–H and O–H groups in total. The van der Waals surface area contributed by atoms with Crippen LogP contribution in [0.5, 0.6) is 5.88 Å². The molecule has 8 nitrogen and oxygen atoms in total. The first-order chi connectivity index (χ1) is 12.2. The second kappa shape index (κ2) is 6.08. The number of aromatic carboxylic acids is 1. The first kappa shape index (κ1) is 14.9. The van der Waals surface area contributed by atoms with Crippen LogP contribution in [0.4, 0.5) is 0 Å². The Balaban J connectivity index is 1.57. The van der Waals surface area contributed by atoms with Crippen molar-refractivity contribution in [3.05, 3.63) is 66.1 Å². The predicted molar refractivity (Wildman–Crippen MR) is 88.7 cm³/mol. The summed E-state index contributed by atoms with van der Waals surface area (Å²) >= 11 is 0. The number of benzene rings is 1. The number of carboxylic acid groups (broad SMARTS) is 1. The molecule has 0 bridgehead atoms.